The molecule has 0 aliphatic heterocycles. The van der Waals surface area contributed by atoms with Gasteiger partial charge >= 0.3 is 0 Å². The van der Waals surface area contributed by atoms with Gasteiger partial charge in [-0.1, -0.05) is 17.7 Å². The first-order valence-corrected chi connectivity index (χ1v) is 8.77. The summed E-state index contributed by atoms with van der Waals surface area (Å²) < 4.78 is 1.22. The summed E-state index contributed by atoms with van der Waals surface area (Å²) in [6.07, 6.45) is 3.50. The number of unbranched alkanes of at least 4 members (excludes halogenated alkanes) is 2. The summed E-state index contributed by atoms with van der Waals surface area (Å²) in [5.41, 5.74) is 1.94. The number of benzene rings is 1. The summed E-state index contributed by atoms with van der Waals surface area (Å²) in [7, 11) is 0. The second-order valence-corrected chi connectivity index (χ2v) is 6.20. The number of carbonyl (C=O) groups excluding carboxylic acids is 1. The molecule has 3 heteroatoms. The van der Waals surface area contributed by atoms with Gasteiger partial charge < -0.3 is 9.80 Å². The van der Waals surface area contributed by atoms with Crippen LogP contribution in [-0.4, -0.2) is 43.1 Å². The van der Waals surface area contributed by atoms with Crippen LogP contribution in [0.1, 0.15) is 56.0 Å². The lowest BCUT2D eigenvalue weighted by Crippen LogP contribution is -2.48. The normalized spacial score (nSPS) is 11.5. The van der Waals surface area contributed by atoms with Gasteiger partial charge in [-0.25, -0.2) is 0 Å². The lowest BCUT2D eigenvalue weighted by Gasteiger charge is -2.35. The van der Waals surface area contributed by atoms with Crippen LogP contribution in [0.4, 0.5) is 0 Å². The van der Waals surface area contributed by atoms with E-state index in [0.29, 0.717) is 0 Å². The van der Waals surface area contributed by atoms with E-state index in [1.807, 2.05) is 31.2 Å². The summed E-state index contributed by atoms with van der Waals surface area (Å²) in [6, 6.07) is 7.74. The lowest BCUT2D eigenvalue weighted by molar-refractivity contribution is -0.923. The molecule has 0 aromatic heterocycles. The van der Waals surface area contributed by atoms with Crippen LogP contribution in [0.2, 0.25) is 0 Å². The quantitative estimate of drug-likeness (QED) is 0.517. The second-order valence-electron chi connectivity index (χ2n) is 6.20. The van der Waals surface area contributed by atoms with Crippen molar-refractivity contribution in [3.8, 4) is 0 Å². The van der Waals surface area contributed by atoms with Crippen molar-refractivity contribution < 1.29 is 9.28 Å². The zero-order chi connectivity index (χ0) is 16.4. The minimum atomic E-state index is 0.0424. The standard InChI is InChI=1S/C19H32N2O/c1-5-21(6-2,7-3)16-10-8-9-15-20-19(22)18-13-11-17(4)12-14-18/h11-14H,5-10,15-16H2,1-4H3/p+1. The first-order valence-electron chi connectivity index (χ1n) is 8.77. The first-order chi connectivity index (χ1) is 10.6. The van der Waals surface area contributed by atoms with Gasteiger partial charge in [-0.05, 0) is 59.1 Å². The zero-order valence-electron chi connectivity index (χ0n) is 14.8. The minimum Gasteiger partial charge on any atom is -0.352 e. The number of amides is 1. The number of hydrogen-bond donors (Lipinski definition) is 1. The van der Waals surface area contributed by atoms with Crippen LogP contribution in [0.3, 0.4) is 0 Å². The highest BCUT2D eigenvalue weighted by Gasteiger charge is 2.19. The van der Waals surface area contributed by atoms with Crippen molar-refractivity contribution in [1.82, 2.24) is 5.32 Å². The Morgan fingerprint density at radius 3 is 2.09 bits per heavy atom. The van der Waals surface area contributed by atoms with E-state index in [9.17, 15) is 4.79 Å². The molecule has 3 nitrogen and oxygen atoms in total. The van der Waals surface area contributed by atoms with E-state index in [-0.39, 0.29) is 5.91 Å². The number of rotatable bonds is 10. The van der Waals surface area contributed by atoms with Crippen LogP contribution in [-0.2, 0) is 0 Å². The molecular formula is C19H33N2O+. The van der Waals surface area contributed by atoms with E-state index in [2.05, 4.69) is 26.1 Å². The molecule has 0 heterocycles. The van der Waals surface area contributed by atoms with Gasteiger partial charge in [-0.2, -0.15) is 0 Å². The predicted octanol–water partition coefficient (Wildman–Crippen LogP) is 3.77. The molecule has 1 amide bonds. The lowest BCUT2D eigenvalue weighted by atomic mass is 10.1. The van der Waals surface area contributed by atoms with Crippen LogP contribution in [0.15, 0.2) is 24.3 Å². The molecule has 124 valence electrons. The summed E-state index contributed by atoms with van der Waals surface area (Å²) in [4.78, 5) is 12.0. The molecule has 0 aliphatic carbocycles. The third-order valence-electron chi connectivity index (χ3n) is 4.92. The van der Waals surface area contributed by atoms with Crippen molar-refractivity contribution >= 4 is 5.91 Å². The van der Waals surface area contributed by atoms with Gasteiger partial charge in [0.15, 0.2) is 0 Å². The number of hydrogen-bond acceptors (Lipinski definition) is 1. The second kappa shape index (κ2) is 9.62. The van der Waals surface area contributed by atoms with Crippen molar-refractivity contribution in [2.45, 2.75) is 47.0 Å². The molecule has 0 atom stereocenters. The highest BCUT2D eigenvalue weighted by atomic mass is 16.1. The number of nitrogens with one attached hydrogen (secondary N) is 1. The summed E-state index contributed by atoms with van der Waals surface area (Å²) in [5.74, 6) is 0.0424. The van der Waals surface area contributed by atoms with Crippen molar-refractivity contribution in [3.05, 3.63) is 35.4 Å². The highest BCUT2D eigenvalue weighted by molar-refractivity contribution is 5.94. The highest BCUT2D eigenvalue weighted by Crippen LogP contribution is 2.09. The van der Waals surface area contributed by atoms with E-state index in [1.54, 1.807) is 0 Å². The summed E-state index contributed by atoms with van der Waals surface area (Å²) in [6.45, 7) is 14.6. The van der Waals surface area contributed by atoms with Crippen molar-refractivity contribution in [1.29, 1.82) is 0 Å². The maximum absolute atomic E-state index is 12.0. The van der Waals surface area contributed by atoms with Gasteiger partial charge in [0.2, 0.25) is 0 Å². The van der Waals surface area contributed by atoms with Crippen LogP contribution < -0.4 is 5.32 Å². The molecule has 0 saturated heterocycles. The molecule has 22 heavy (non-hydrogen) atoms. The Hall–Kier alpha value is -1.35. The molecule has 0 bridgehead atoms. The molecule has 1 N–H and O–H groups in total. The Balaban J connectivity index is 2.20. The van der Waals surface area contributed by atoms with Crippen molar-refractivity contribution in [3.63, 3.8) is 0 Å². The first kappa shape index (κ1) is 18.7. The Morgan fingerprint density at radius 2 is 1.55 bits per heavy atom. The van der Waals surface area contributed by atoms with E-state index in [1.165, 1.54) is 49.1 Å². The molecule has 1 aromatic carbocycles. The van der Waals surface area contributed by atoms with Gasteiger partial charge in [0, 0.05) is 12.1 Å². The SMILES string of the molecule is CC[N+](CC)(CC)CCCCCNC(=O)c1ccc(C)cc1. The smallest absolute Gasteiger partial charge is 0.251 e. The van der Waals surface area contributed by atoms with Gasteiger partial charge in [0.1, 0.15) is 0 Å². The fourth-order valence-corrected chi connectivity index (χ4v) is 2.90. The van der Waals surface area contributed by atoms with Crippen molar-refractivity contribution in [2.24, 2.45) is 0 Å². The van der Waals surface area contributed by atoms with E-state index < -0.39 is 0 Å². The van der Waals surface area contributed by atoms with E-state index in [4.69, 9.17) is 0 Å². The Labute approximate surface area is 136 Å². The van der Waals surface area contributed by atoms with Gasteiger partial charge in [0.25, 0.3) is 5.91 Å². The Kier molecular flexibility index (Phi) is 8.18. The average molecular weight is 305 g/mol. The van der Waals surface area contributed by atoms with Gasteiger partial charge in [0.05, 0.1) is 26.2 Å². The topological polar surface area (TPSA) is 29.1 Å². The van der Waals surface area contributed by atoms with Crippen LogP contribution in [0, 0.1) is 6.92 Å². The maximum atomic E-state index is 12.0. The van der Waals surface area contributed by atoms with Crippen LogP contribution in [0.25, 0.3) is 0 Å². The molecule has 0 radical (unpaired) electrons. The fourth-order valence-electron chi connectivity index (χ4n) is 2.90. The predicted molar refractivity (Wildman–Crippen MR) is 94.1 cm³/mol. The number of aryl methyl sites for hydroxylation is 1. The third kappa shape index (κ3) is 5.80. The van der Waals surface area contributed by atoms with Crippen LogP contribution >= 0.6 is 0 Å². The number of carbonyl (C=O) groups is 1. The molecule has 1 rings (SSSR count). The van der Waals surface area contributed by atoms with E-state index >= 15 is 0 Å². The van der Waals surface area contributed by atoms with Crippen LogP contribution in [0.5, 0.6) is 0 Å². The number of nitrogens with zero attached hydrogens (tertiary/aromatic N) is 1. The van der Waals surface area contributed by atoms with E-state index in [0.717, 1.165) is 18.5 Å². The fraction of sp³-hybridized carbons (Fsp3) is 0.632. The molecule has 0 fully saturated rings. The molecule has 0 saturated carbocycles. The summed E-state index contributed by atoms with van der Waals surface area (Å²) in [5, 5.41) is 3.01. The molecular weight excluding hydrogens is 272 g/mol. The van der Waals surface area contributed by atoms with Crippen molar-refractivity contribution in [2.75, 3.05) is 32.7 Å². The maximum Gasteiger partial charge on any atom is 0.251 e. The molecule has 0 spiro atoms. The minimum absolute atomic E-state index is 0.0424. The number of quaternary nitrogens is 1. The largest absolute Gasteiger partial charge is 0.352 e. The molecule has 0 aliphatic rings. The average Bonchev–Trinajstić information content (AvgIpc) is 2.55. The Morgan fingerprint density at radius 1 is 0.955 bits per heavy atom. The Bertz CT molecular complexity index is 427. The molecule has 1 aromatic rings. The van der Waals surface area contributed by atoms with Gasteiger partial charge in [-0.3, -0.25) is 4.79 Å². The third-order valence-corrected chi connectivity index (χ3v) is 4.92. The zero-order valence-corrected chi connectivity index (χ0v) is 14.8. The molecule has 0 unspecified atom stereocenters. The summed E-state index contributed by atoms with van der Waals surface area (Å²) >= 11 is 0. The van der Waals surface area contributed by atoms with Gasteiger partial charge in [-0.15, -0.1) is 0 Å². The monoisotopic (exact) mass is 305 g/mol.